The van der Waals surface area contributed by atoms with Gasteiger partial charge in [-0.1, -0.05) is 42.5 Å². The van der Waals surface area contributed by atoms with Crippen molar-refractivity contribution in [3.8, 4) is 17.2 Å². The predicted molar refractivity (Wildman–Crippen MR) is 115 cm³/mol. The van der Waals surface area contributed by atoms with Crippen LogP contribution < -0.4 is 9.47 Å². The van der Waals surface area contributed by atoms with Crippen molar-refractivity contribution in [2.45, 2.75) is 19.5 Å². The van der Waals surface area contributed by atoms with E-state index in [0.717, 1.165) is 17.7 Å². The Morgan fingerprint density at radius 3 is 2.31 bits per heavy atom. The minimum Gasteiger partial charge on any atom is -0.485 e. The molecule has 4 nitrogen and oxygen atoms in total. The largest absolute Gasteiger partial charge is 0.485 e. The third kappa shape index (κ3) is 6.38. The SMILES string of the molecule is Cc1cccc(Oc2ccc(CC(=O)O)cc2)c1OC/C=C/c1ccc(C(F)(F)F)cc1. The lowest BCUT2D eigenvalue weighted by Crippen LogP contribution is -2.04. The minimum atomic E-state index is -4.36. The van der Waals surface area contributed by atoms with Gasteiger partial charge in [-0.25, -0.2) is 0 Å². The molecule has 32 heavy (non-hydrogen) atoms. The Morgan fingerprint density at radius 2 is 1.69 bits per heavy atom. The Kier molecular flexibility index (Phi) is 7.20. The van der Waals surface area contributed by atoms with E-state index in [0.29, 0.717) is 28.4 Å². The van der Waals surface area contributed by atoms with Crippen molar-refractivity contribution in [3.05, 3.63) is 95.1 Å². The molecule has 0 radical (unpaired) electrons. The molecule has 3 aromatic carbocycles. The standard InChI is InChI=1S/C25H21F3O4/c1-17-4-2-6-22(32-21-13-9-19(10-14-21)16-23(29)30)24(17)31-15-3-5-18-7-11-20(12-8-18)25(26,27)28/h2-14H,15-16H2,1H3,(H,29,30)/b5-3+. The van der Waals surface area contributed by atoms with E-state index in [1.165, 1.54) is 12.1 Å². The number of benzene rings is 3. The maximum absolute atomic E-state index is 12.6. The zero-order chi connectivity index (χ0) is 23.1. The van der Waals surface area contributed by atoms with Gasteiger partial charge in [0, 0.05) is 0 Å². The maximum Gasteiger partial charge on any atom is 0.416 e. The zero-order valence-electron chi connectivity index (χ0n) is 17.2. The van der Waals surface area contributed by atoms with E-state index < -0.39 is 17.7 Å². The Bertz CT molecular complexity index is 1090. The number of rotatable bonds is 8. The van der Waals surface area contributed by atoms with Gasteiger partial charge in [0.15, 0.2) is 11.5 Å². The second-order valence-corrected chi connectivity index (χ2v) is 7.05. The molecule has 0 saturated carbocycles. The van der Waals surface area contributed by atoms with Crippen LogP contribution in [0.3, 0.4) is 0 Å². The lowest BCUT2D eigenvalue weighted by Gasteiger charge is -2.14. The van der Waals surface area contributed by atoms with E-state index in [9.17, 15) is 18.0 Å². The van der Waals surface area contributed by atoms with Crippen LogP contribution in [0.5, 0.6) is 17.2 Å². The second kappa shape index (κ2) is 10.0. The summed E-state index contributed by atoms with van der Waals surface area (Å²) in [5.74, 6) is 0.672. The summed E-state index contributed by atoms with van der Waals surface area (Å²) >= 11 is 0. The Morgan fingerprint density at radius 1 is 1.00 bits per heavy atom. The number of carboxylic acid groups (broad SMARTS) is 1. The van der Waals surface area contributed by atoms with Crippen molar-refractivity contribution in [1.82, 2.24) is 0 Å². The van der Waals surface area contributed by atoms with Crippen LogP contribution in [-0.2, 0) is 17.4 Å². The van der Waals surface area contributed by atoms with Crippen LogP contribution in [-0.4, -0.2) is 17.7 Å². The molecule has 0 unspecified atom stereocenters. The van der Waals surface area contributed by atoms with E-state index in [-0.39, 0.29) is 13.0 Å². The summed E-state index contributed by atoms with van der Waals surface area (Å²) in [6.45, 7) is 2.07. The maximum atomic E-state index is 12.6. The number of aryl methyl sites for hydroxylation is 1. The van der Waals surface area contributed by atoms with Crippen LogP contribution in [0.4, 0.5) is 13.2 Å². The molecule has 0 amide bonds. The Hall–Kier alpha value is -3.74. The summed E-state index contributed by atoms with van der Waals surface area (Å²) in [6, 6.07) is 17.1. The summed E-state index contributed by atoms with van der Waals surface area (Å²) < 4.78 is 49.7. The number of carboxylic acids is 1. The van der Waals surface area contributed by atoms with E-state index in [1.807, 2.05) is 19.1 Å². The molecule has 1 N–H and O–H groups in total. The van der Waals surface area contributed by atoms with Crippen molar-refractivity contribution < 1.29 is 32.5 Å². The van der Waals surface area contributed by atoms with Crippen molar-refractivity contribution in [1.29, 1.82) is 0 Å². The lowest BCUT2D eigenvalue weighted by molar-refractivity contribution is -0.138. The molecule has 0 heterocycles. The number of halogens is 3. The molecule has 0 bridgehead atoms. The first kappa shape index (κ1) is 22.9. The number of hydrogen-bond acceptors (Lipinski definition) is 3. The Balaban J connectivity index is 1.64. The van der Waals surface area contributed by atoms with Crippen molar-refractivity contribution in [2.75, 3.05) is 6.61 Å². The predicted octanol–water partition coefficient (Wildman–Crippen LogP) is 6.53. The molecular weight excluding hydrogens is 421 g/mol. The molecule has 0 saturated heterocycles. The summed E-state index contributed by atoms with van der Waals surface area (Å²) in [7, 11) is 0. The fraction of sp³-hybridized carbons (Fsp3) is 0.160. The van der Waals surface area contributed by atoms with E-state index in [2.05, 4.69) is 0 Å². The number of ether oxygens (including phenoxy) is 2. The first-order chi connectivity index (χ1) is 15.2. The molecule has 3 aromatic rings. The van der Waals surface area contributed by atoms with Crippen molar-refractivity contribution in [3.63, 3.8) is 0 Å². The highest BCUT2D eigenvalue weighted by Crippen LogP contribution is 2.34. The molecule has 0 aliphatic rings. The number of carbonyl (C=O) groups is 1. The summed E-state index contributed by atoms with van der Waals surface area (Å²) in [5, 5.41) is 8.86. The van der Waals surface area contributed by atoms with Gasteiger partial charge in [0.2, 0.25) is 0 Å². The molecule has 0 aliphatic carbocycles. The number of aliphatic carboxylic acids is 1. The van der Waals surface area contributed by atoms with Gasteiger partial charge in [0.25, 0.3) is 0 Å². The van der Waals surface area contributed by atoms with Crippen LogP contribution in [0, 0.1) is 6.92 Å². The molecule has 0 fully saturated rings. The average molecular weight is 442 g/mol. The monoisotopic (exact) mass is 442 g/mol. The highest BCUT2D eigenvalue weighted by Gasteiger charge is 2.29. The molecular formula is C25H21F3O4. The zero-order valence-corrected chi connectivity index (χ0v) is 17.2. The van der Waals surface area contributed by atoms with Gasteiger partial charge in [-0.15, -0.1) is 0 Å². The first-order valence-corrected chi connectivity index (χ1v) is 9.77. The number of hydrogen-bond donors (Lipinski definition) is 1. The fourth-order valence-corrected chi connectivity index (χ4v) is 2.97. The normalized spacial score (nSPS) is 11.5. The van der Waals surface area contributed by atoms with Crippen LogP contribution in [0.1, 0.15) is 22.3 Å². The van der Waals surface area contributed by atoms with Crippen LogP contribution in [0.15, 0.2) is 72.8 Å². The summed E-state index contributed by atoms with van der Waals surface area (Å²) in [6.07, 6.45) is -1.03. The highest BCUT2D eigenvalue weighted by atomic mass is 19.4. The van der Waals surface area contributed by atoms with Gasteiger partial charge in [0.05, 0.1) is 12.0 Å². The molecule has 0 aliphatic heterocycles. The average Bonchev–Trinajstić information content (AvgIpc) is 2.73. The van der Waals surface area contributed by atoms with Gasteiger partial charge in [0.1, 0.15) is 12.4 Å². The van der Waals surface area contributed by atoms with Crippen molar-refractivity contribution in [2.24, 2.45) is 0 Å². The van der Waals surface area contributed by atoms with E-state index in [4.69, 9.17) is 14.6 Å². The molecule has 3 rings (SSSR count). The second-order valence-electron chi connectivity index (χ2n) is 7.05. The molecule has 7 heteroatoms. The number of alkyl halides is 3. The third-order valence-corrected chi connectivity index (χ3v) is 4.55. The number of para-hydroxylation sites is 1. The summed E-state index contributed by atoms with van der Waals surface area (Å²) in [4.78, 5) is 10.8. The van der Waals surface area contributed by atoms with Crippen molar-refractivity contribution >= 4 is 12.0 Å². The van der Waals surface area contributed by atoms with E-state index in [1.54, 1.807) is 42.5 Å². The molecule has 0 atom stereocenters. The quantitative estimate of drug-likeness (QED) is 0.431. The fourth-order valence-electron chi connectivity index (χ4n) is 2.97. The highest BCUT2D eigenvalue weighted by molar-refractivity contribution is 5.70. The smallest absolute Gasteiger partial charge is 0.416 e. The van der Waals surface area contributed by atoms with Gasteiger partial charge in [-0.05, 0) is 60.0 Å². The summed E-state index contributed by atoms with van der Waals surface area (Å²) in [5.41, 5.74) is 1.46. The topological polar surface area (TPSA) is 55.8 Å². The van der Waals surface area contributed by atoms with Gasteiger partial charge >= 0.3 is 12.1 Å². The minimum absolute atomic E-state index is 0.0651. The third-order valence-electron chi connectivity index (χ3n) is 4.55. The molecule has 0 aromatic heterocycles. The lowest BCUT2D eigenvalue weighted by atomic mass is 10.1. The van der Waals surface area contributed by atoms with Crippen LogP contribution in [0.2, 0.25) is 0 Å². The van der Waals surface area contributed by atoms with Gasteiger partial charge in [-0.2, -0.15) is 13.2 Å². The van der Waals surface area contributed by atoms with Gasteiger partial charge in [-0.3, -0.25) is 4.79 Å². The van der Waals surface area contributed by atoms with E-state index >= 15 is 0 Å². The first-order valence-electron chi connectivity index (χ1n) is 9.77. The Labute approximate surface area is 183 Å². The van der Waals surface area contributed by atoms with Gasteiger partial charge < -0.3 is 14.6 Å². The van der Waals surface area contributed by atoms with Crippen LogP contribution >= 0.6 is 0 Å². The molecule has 166 valence electrons. The van der Waals surface area contributed by atoms with Crippen LogP contribution in [0.25, 0.3) is 6.08 Å². The molecule has 0 spiro atoms.